The molecule has 30 heavy (non-hydrogen) atoms. The Morgan fingerprint density at radius 2 is 1.10 bits per heavy atom. The second-order valence-electron chi connectivity index (χ2n) is 7.46. The first-order valence-electron chi connectivity index (χ1n) is 9.77. The predicted molar refractivity (Wildman–Crippen MR) is 105 cm³/mol. The van der Waals surface area contributed by atoms with Gasteiger partial charge in [0.05, 0.1) is 0 Å². The zero-order chi connectivity index (χ0) is 21.7. The van der Waals surface area contributed by atoms with Crippen LogP contribution < -0.4 is 9.47 Å². The molecule has 1 saturated carbocycles. The first kappa shape index (κ1) is 21.3. The monoisotopic (exact) mass is 416 g/mol. The average molecular weight is 416 g/mol. The number of phenolic OH excluding ortho intramolecular Hbond substituents is 4. The van der Waals surface area contributed by atoms with Gasteiger partial charge in [-0.15, -0.1) is 0 Å². The Morgan fingerprint density at radius 1 is 0.700 bits per heavy atom. The molecule has 0 spiro atoms. The van der Waals surface area contributed by atoms with Gasteiger partial charge in [-0.3, -0.25) is 9.59 Å². The number of hydrogen-bond donors (Lipinski definition) is 4. The fourth-order valence-electron chi connectivity index (χ4n) is 3.73. The summed E-state index contributed by atoms with van der Waals surface area (Å²) in [4.78, 5) is 24.7. The van der Waals surface area contributed by atoms with Gasteiger partial charge in [0, 0.05) is 25.0 Å². The number of hydrogen-bond acceptors (Lipinski definition) is 8. The van der Waals surface area contributed by atoms with E-state index < -0.39 is 11.9 Å². The molecule has 2 atom stereocenters. The van der Waals surface area contributed by atoms with Gasteiger partial charge in [0.1, 0.15) is 11.5 Å². The first-order chi connectivity index (χ1) is 14.3. The summed E-state index contributed by atoms with van der Waals surface area (Å²) >= 11 is 0. The van der Waals surface area contributed by atoms with Crippen LogP contribution in [0.2, 0.25) is 0 Å². The molecule has 0 saturated heterocycles. The Bertz CT molecular complexity index is 848. The maximum absolute atomic E-state index is 12.3. The molecule has 1 fully saturated rings. The lowest BCUT2D eigenvalue weighted by Gasteiger charge is -2.30. The van der Waals surface area contributed by atoms with Gasteiger partial charge < -0.3 is 29.9 Å². The van der Waals surface area contributed by atoms with Crippen LogP contribution in [0.5, 0.6) is 34.5 Å². The van der Waals surface area contributed by atoms with E-state index in [2.05, 4.69) is 0 Å². The van der Waals surface area contributed by atoms with Gasteiger partial charge in [-0.2, -0.15) is 0 Å². The summed E-state index contributed by atoms with van der Waals surface area (Å²) in [5, 5.41) is 37.7. The van der Waals surface area contributed by atoms with Crippen LogP contribution in [0.15, 0.2) is 36.4 Å². The predicted octanol–water partition coefficient (Wildman–Crippen LogP) is 3.61. The van der Waals surface area contributed by atoms with Crippen molar-refractivity contribution < 1.29 is 39.5 Å². The van der Waals surface area contributed by atoms with Gasteiger partial charge in [0.25, 0.3) is 0 Å². The van der Waals surface area contributed by atoms with Crippen molar-refractivity contribution in [3.63, 3.8) is 0 Å². The Balaban J connectivity index is 1.57. The Labute approximate surface area is 173 Å². The van der Waals surface area contributed by atoms with Gasteiger partial charge in [-0.25, -0.2) is 0 Å². The summed E-state index contributed by atoms with van der Waals surface area (Å²) in [7, 11) is 0. The van der Waals surface area contributed by atoms with Crippen LogP contribution in [-0.4, -0.2) is 32.4 Å². The van der Waals surface area contributed by atoms with Crippen molar-refractivity contribution in [2.24, 2.45) is 11.8 Å². The van der Waals surface area contributed by atoms with E-state index in [-0.39, 0.29) is 59.2 Å². The standard InChI is InChI=1S/C22H24O8/c23-17-7-5-15(11-19(17)25)29-21(27)9-13-3-1-2-4-14(13)10-22(28)30-16-6-8-18(24)20(26)12-16/h5-8,11-14,23-26H,1-4,9-10H2. The summed E-state index contributed by atoms with van der Waals surface area (Å²) < 4.78 is 10.5. The van der Waals surface area contributed by atoms with Crippen molar-refractivity contribution >= 4 is 11.9 Å². The van der Waals surface area contributed by atoms with Crippen LogP contribution in [0.4, 0.5) is 0 Å². The number of benzene rings is 2. The molecule has 1 aliphatic rings. The first-order valence-corrected chi connectivity index (χ1v) is 9.77. The molecular weight excluding hydrogens is 392 g/mol. The topological polar surface area (TPSA) is 134 Å². The van der Waals surface area contributed by atoms with Crippen molar-refractivity contribution in [3.05, 3.63) is 36.4 Å². The third-order valence-electron chi connectivity index (χ3n) is 5.28. The van der Waals surface area contributed by atoms with Crippen molar-refractivity contribution in [1.82, 2.24) is 0 Å². The number of phenols is 4. The van der Waals surface area contributed by atoms with Crippen LogP contribution in [0.1, 0.15) is 38.5 Å². The van der Waals surface area contributed by atoms with E-state index in [1.165, 1.54) is 24.3 Å². The lowest BCUT2D eigenvalue weighted by Crippen LogP contribution is -2.27. The third kappa shape index (κ3) is 5.56. The Hall–Kier alpha value is -3.42. The van der Waals surface area contributed by atoms with E-state index in [9.17, 15) is 30.0 Å². The van der Waals surface area contributed by atoms with Gasteiger partial charge in [0.15, 0.2) is 23.0 Å². The number of rotatable bonds is 6. The molecule has 0 amide bonds. The molecule has 0 bridgehead atoms. The van der Waals surface area contributed by atoms with Crippen molar-refractivity contribution in [2.45, 2.75) is 38.5 Å². The quantitative estimate of drug-likeness (QED) is 0.319. The maximum Gasteiger partial charge on any atom is 0.311 e. The van der Waals surface area contributed by atoms with E-state index in [0.29, 0.717) is 0 Å². The fourth-order valence-corrected chi connectivity index (χ4v) is 3.73. The molecule has 4 N–H and O–H groups in total. The zero-order valence-corrected chi connectivity index (χ0v) is 16.3. The second-order valence-corrected chi connectivity index (χ2v) is 7.46. The average Bonchev–Trinajstić information content (AvgIpc) is 2.69. The smallest absolute Gasteiger partial charge is 0.311 e. The molecular formula is C22H24O8. The van der Waals surface area contributed by atoms with Crippen LogP contribution in [0.25, 0.3) is 0 Å². The minimum absolute atomic E-state index is 0.0438. The molecule has 2 aromatic carbocycles. The molecule has 1 aliphatic carbocycles. The lowest BCUT2D eigenvalue weighted by molar-refractivity contribution is -0.139. The van der Waals surface area contributed by atoms with Crippen molar-refractivity contribution in [1.29, 1.82) is 0 Å². The van der Waals surface area contributed by atoms with Gasteiger partial charge in [-0.1, -0.05) is 12.8 Å². The number of esters is 2. The highest BCUT2D eigenvalue weighted by Crippen LogP contribution is 2.36. The van der Waals surface area contributed by atoms with Crippen LogP contribution in [0.3, 0.4) is 0 Å². The van der Waals surface area contributed by atoms with Crippen molar-refractivity contribution in [3.8, 4) is 34.5 Å². The van der Waals surface area contributed by atoms with Crippen LogP contribution in [-0.2, 0) is 9.59 Å². The molecule has 0 aliphatic heterocycles. The van der Waals surface area contributed by atoms with Gasteiger partial charge >= 0.3 is 11.9 Å². The number of carbonyl (C=O) groups is 2. The normalized spacial score (nSPS) is 18.5. The second kappa shape index (κ2) is 9.39. The minimum Gasteiger partial charge on any atom is -0.504 e. The highest BCUT2D eigenvalue weighted by atomic mass is 16.5. The molecule has 8 nitrogen and oxygen atoms in total. The number of carbonyl (C=O) groups excluding carboxylic acids is 2. The zero-order valence-electron chi connectivity index (χ0n) is 16.3. The fraction of sp³-hybridized carbons (Fsp3) is 0.364. The van der Waals surface area contributed by atoms with Gasteiger partial charge in [0.2, 0.25) is 0 Å². The largest absolute Gasteiger partial charge is 0.504 e. The van der Waals surface area contributed by atoms with E-state index >= 15 is 0 Å². The molecule has 3 rings (SSSR count). The van der Waals surface area contributed by atoms with E-state index in [1.54, 1.807) is 0 Å². The summed E-state index contributed by atoms with van der Waals surface area (Å²) in [6, 6.07) is 7.56. The molecule has 2 aromatic rings. The van der Waals surface area contributed by atoms with Crippen LogP contribution in [0, 0.1) is 11.8 Å². The lowest BCUT2D eigenvalue weighted by atomic mass is 9.76. The summed E-state index contributed by atoms with van der Waals surface area (Å²) in [5.41, 5.74) is 0. The maximum atomic E-state index is 12.3. The highest BCUT2D eigenvalue weighted by Gasteiger charge is 2.30. The minimum atomic E-state index is -0.478. The SMILES string of the molecule is O=C(CC1CCCCC1CC(=O)Oc1ccc(O)c(O)c1)Oc1ccc(O)c(O)c1. The summed E-state index contributed by atoms with van der Waals surface area (Å²) in [5.74, 6) is -2.13. The number of aromatic hydroxyl groups is 4. The molecule has 0 heterocycles. The summed E-state index contributed by atoms with van der Waals surface area (Å²) in [6.45, 7) is 0. The van der Waals surface area contributed by atoms with Crippen molar-refractivity contribution in [2.75, 3.05) is 0 Å². The van der Waals surface area contributed by atoms with Crippen LogP contribution >= 0.6 is 0 Å². The molecule has 0 aromatic heterocycles. The van der Waals surface area contributed by atoms with E-state index in [1.807, 2.05) is 0 Å². The molecule has 160 valence electrons. The van der Waals surface area contributed by atoms with E-state index in [0.717, 1.165) is 37.8 Å². The highest BCUT2D eigenvalue weighted by molar-refractivity contribution is 5.74. The Morgan fingerprint density at radius 3 is 1.47 bits per heavy atom. The summed E-state index contributed by atoms with van der Waals surface area (Å²) in [6.07, 6.45) is 3.73. The molecule has 2 unspecified atom stereocenters. The Kier molecular flexibility index (Phi) is 6.66. The van der Waals surface area contributed by atoms with E-state index in [4.69, 9.17) is 9.47 Å². The molecule has 0 radical (unpaired) electrons. The number of ether oxygens (including phenoxy) is 2. The molecule has 8 heteroatoms. The van der Waals surface area contributed by atoms with Gasteiger partial charge in [-0.05, 0) is 48.9 Å². The third-order valence-corrected chi connectivity index (χ3v) is 5.28.